The molecule has 0 aliphatic rings. The van der Waals surface area contributed by atoms with Crippen LogP contribution in [0.2, 0.25) is 5.02 Å². The predicted octanol–water partition coefficient (Wildman–Crippen LogP) is 4.76. The molecule has 0 saturated carbocycles. The third-order valence-electron chi connectivity index (χ3n) is 3.12. The van der Waals surface area contributed by atoms with Crippen molar-refractivity contribution in [3.05, 3.63) is 39.9 Å². The Balaban J connectivity index is 2.75. The molecule has 1 atom stereocenters. The zero-order valence-corrected chi connectivity index (χ0v) is 14.7. The minimum atomic E-state index is -4.88. The van der Waals surface area contributed by atoms with E-state index in [0.717, 1.165) is 6.92 Å². The molecule has 1 aromatic carbocycles. The van der Waals surface area contributed by atoms with Crippen LogP contribution in [0.3, 0.4) is 0 Å². The molecule has 0 N–H and O–H groups in total. The van der Waals surface area contributed by atoms with E-state index in [1.165, 1.54) is 6.07 Å². The molecule has 13 heteroatoms. The van der Waals surface area contributed by atoms with Gasteiger partial charge in [-0.25, -0.2) is 13.3 Å². The summed E-state index contributed by atoms with van der Waals surface area (Å²) in [5.41, 5.74) is -3.28. The van der Waals surface area contributed by atoms with Crippen LogP contribution in [0, 0.1) is 24.1 Å². The molecule has 0 fully saturated rings. The number of aromatic nitrogens is 2. The molecule has 1 heterocycles. The summed E-state index contributed by atoms with van der Waals surface area (Å²) in [7, 11) is -3.23. The van der Waals surface area contributed by atoms with Crippen molar-refractivity contribution in [3.8, 4) is 11.8 Å². The van der Waals surface area contributed by atoms with Crippen LogP contribution in [0.4, 0.5) is 26.3 Å². The van der Waals surface area contributed by atoms with Crippen LogP contribution < -0.4 is 0 Å². The lowest BCUT2D eigenvalue weighted by molar-refractivity contribution is -0.137. The molecule has 0 aliphatic carbocycles. The van der Waals surface area contributed by atoms with E-state index in [0.29, 0.717) is 10.7 Å². The van der Waals surface area contributed by atoms with Crippen molar-refractivity contribution in [2.45, 2.75) is 22.7 Å². The third-order valence-corrected chi connectivity index (χ3v) is 5.11. The molecule has 0 spiro atoms. The summed E-state index contributed by atoms with van der Waals surface area (Å²) in [6.45, 7) is 1.05. The van der Waals surface area contributed by atoms with Gasteiger partial charge >= 0.3 is 10.9 Å². The van der Waals surface area contributed by atoms with E-state index in [4.69, 9.17) is 28.5 Å². The van der Waals surface area contributed by atoms with Crippen molar-refractivity contribution < 1.29 is 30.6 Å². The summed E-state index contributed by atoms with van der Waals surface area (Å²) in [6.07, 6.45) is -4.88. The van der Waals surface area contributed by atoms with Crippen molar-refractivity contribution in [3.63, 3.8) is 0 Å². The van der Waals surface area contributed by atoms with Crippen LogP contribution in [-0.2, 0) is 17.0 Å². The molecular formula is C13H5Cl2F6N3OS. The van der Waals surface area contributed by atoms with E-state index in [9.17, 15) is 30.6 Å². The first-order valence-corrected chi connectivity index (χ1v) is 8.24. The third kappa shape index (κ3) is 3.67. The first kappa shape index (κ1) is 20.5. The fourth-order valence-corrected chi connectivity index (χ4v) is 3.42. The SMILES string of the molecule is Cc1c(S(=O)C(F)(F)Cl)c(C#N)nn1-c1c(F)cc(C(F)(F)F)cc1Cl. The first-order valence-electron chi connectivity index (χ1n) is 6.34. The number of hydrogen-bond acceptors (Lipinski definition) is 3. The summed E-state index contributed by atoms with van der Waals surface area (Å²) < 4.78 is 86.7. The maximum Gasteiger partial charge on any atom is 0.416 e. The number of alkyl halides is 6. The Morgan fingerprint density at radius 1 is 1.27 bits per heavy atom. The number of nitrogens with zero attached hydrogens (tertiary/aromatic N) is 3. The maximum absolute atomic E-state index is 14.2. The van der Waals surface area contributed by atoms with Crippen molar-refractivity contribution in [2.75, 3.05) is 0 Å². The van der Waals surface area contributed by atoms with Gasteiger partial charge in [0.25, 0.3) is 0 Å². The van der Waals surface area contributed by atoms with Crippen LogP contribution in [-0.4, -0.2) is 18.7 Å². The second-order valence-electron chi connectivity index (χ2n) is 4.79. The number of halogens is 8. The van der Waals surface area contributed by atoms with Crippen LogP contribution in [0.15, 0.2) is 17.0 Å². The highest BCUT2D eigenvalue weighted by Gasteiger charge is 2.40. The number of nitriles is 1. The Labute approximate surface area is 154 Å². The smallest absolute Gasteiger partial charge is 0.247 e. The van der Waals surface area contributed by atoms with Gasteiger partial charge in [0.15, 0.2) is 11.5 Å². The van der Waals surface area contributed by atoms with Gasteiger partial charge in [-0.05, 0) is 30.7 Å². The van der Waals surface area contributed by atoms with E-state index in [2.05, 4.69) is 5.10 Å². The largest absolute Gasteiger partial charge is 0.416 e. The lowest BCUT2D eigenvalue weighted by Gasteiger charge is -2.13. The van der Waals surface area contributed by atoms with E-state index in [-0.39, 0.29) is 6.07 Å². The fourth-order valence-electron chi connectivity index (χ4n) is 2.05. The summed E-state index contributed by atoms with van der Waals surface area (Å²) in [5.74, 6) is -1.48. The van der Waals surface area contributed by atoms with Gasteiger partial charge in [0.1, 0.15) is 27.5 Å². The van der Waals surface area contributed by atoms with Gasteiger partial charge in [-0.3, -0.25) is 0 Å². The van der Waals surface area contributed by atoms with Crippen molar-refractivity contribution >= 4 is 34.0 Å². The van der Waals surface area contributed by atoms with Crippen molar-refractivity contribution in [2.24, 2.45) is 0 Å². The molecule has 26 heavy (non-hydrogen) atoms. The van der Waals surface area contributed by atoms with Crippen LogP contribution in [0.25, 0.3) is 5.69 Å². The highest BCUT2D eigenvalue weighted by atomic mass is 35.5. The fraction of sp³-hybridized carbons (Fsp3) is 0.231. The van der Waals surface area contributed by atoms with Gasteiger partial charge in [0.05, 0.1) is 16.3 Å². The predicted molar refractivity (Wildman–Crippen MR) is 80.2 cm³/mol. The minimum absolute atomic E-state index is 0.126. The van der Waals surface area contributed by atoms with E-state index < -0.39 is 60.1 Å². The molecule has 1 unspecified atom stereocenters. The van der Waals surface area contributed by atoms with Gasteiger partial charge in [-0.2, -0.15) is 32.3 Å². The average molecular weight is 436 g/mol. The second kappa shape index (κ2) is 6.75. The van der Waals surface area contributed by atoms with Crippen LogP contribution in [0.5, 0.6) is 0 Å². The van der Waals surface area contributed by atoms with E-state index in [1.807, 2.05) is 0 Å². The van der Waals surface area contributed by atoms with Crippen LogP contribution >= 0.6 is 23.2 Å². The topological polar surface area (TPSA) is 58.7 Å². The normalized spacial score (nSPS) is 13.5. The minimum Gasteiger partial charge on any atom is -0.247 e. The summed E-state index contributed by atoms with van der Waals surface area (Å²) in [6, 6.07) is 1.92. The highest BCUT2D eigenvalue weighted by Crippen LogP contribution is 2.37. The lowest BCUT2D eigenvalue weighted by Crippen LogP contribution is -2.16. The van der Waals surface area contributed by atoms with Crippen LogP contribution in [0.1, 0.15) is 17.0 Å². The average Bonchev–Trinajstić information content (AvgIpc) is 2.80. The molecule has 2 aromatic rings. The van der Waals surface area contributed by atoms with Gasteiger partial charge < -0.3 is 0 Å². The highest BCUT2D eigenvalue weighted by molar-refractivity contribution is 7.87. The molecule has 1 aromatic heterocycles. The molecule has 4 nitrogen and oxygen atoms in total. The van der Waals surface area contributed by atoms with Gasteiger partial charge in [-0.15, -0.1) is 0 Å². The number of benzene rings is 1. The molecule has 0 saturated heterocycles. The summed E-state index contributed by atoms with van der Waals surface area (Å²) in [4.78, 5) is -0.789. The molecule has 2 rings (SSSR count). The van der Waals surface area contributed by atoms with Gasteiger partial charge in [0.2, 0.25) is 0 Å². The first-order chi connectivity index (χ1) is 11.8. The van der Waals surface area contributed by atoms with E-state index in [1.54, 1.807) is 0 Å². The Morgan fingerprint density at radius 2 is 1.85 bits per heavy atom. The molecular weight excluding hydrogens is 431 g/mol. The van der Waals surface area contributed by atoms with Gasteiger partial charge in [-0.1, -0.05) is 11.6 Å². The monoisotopic (exact) mass is 435 g/mol. The van der Waals surface area contributed by atoms with E-state index >= 15 is 0 Å². The standard InChI is InChI=1S/C13H5Cl2F6N3OS/c1-5-11(26(25)13(15,20)21)9(4-22)23-24(5)10-7(14)2-6(3-8(10)16)12(17,18)19/h2-3H,1H3. The summed E-state index contributed by atoms with van der Waals surface area (Å²) in [5, 5.41) is 11.7. The summed E-state index contributed by atoms with van der Waals surface area (Å²) >= 11 is 10.4. The zero-order chi connectivity index (χ0) is 20.0. The Bertz CT molecular complexity index is 922. The second-order valence-corrected chi connectivity index (χ2v) is 7.35. The zero-order valence-electron chi connectivity index (χ0n) is 12.3. The molecule has 0 amide bonds. The molecule has 0 aliphatic heterocycles. The van der Waals surface area contributed by atoms with Gasteiger partial charge in [0, 0.05) is 0 Å². The Kier molecular flexibility index (Phi) is 5.34. The lowest BCUT2D eigenvalue weighted by atomic mass is 10.2. The van der Waals surface area contributed by atoms with Crippen molar-refractivity contribution in [1.29, 1.82) is 5.26 Å². The number of rotatable bonds is 3. The quantitative estimate of drug-likeness (QED) is 0.515. The molecule has 0 bridgehead atoms. The van der Waals surface area contributed by atoms with Crippen molar-refractivity contribution in [1.82, 2.24) is 9.78 Å². The number of hydrogen-bond donors (Lipinski definition) is 0. The molecule has 0 radical (unpaired) electrons. The Hall–Kier alpha value is -1.77. The maximum atomic E-state index is 14.2. The molecule has 140 valence electrons. The Morgan fingerprint density at radius 3 is 2.27 bits per heavy atom.